The van der Waals surface area contributed by atoms with Crippen molar-refractivity contribution in [1.82, 2.24) is 0 Å². The summed E-state index contributed by atoms with van der Waals surface area (Å²) in [6.07, 6.45) is 0.424. The number of aliphatic hydroxyl groups is 1. The molecular weight excluding hydrogens is 250 g/mol. The molecule has 2 atom stereocenters. The molecule has 0 spiro atoms. The molecule has 1 aromatic carbocycles. The number of fused-ring (bicyclic) bond motifs is 1. The molecule has 1 fully saturated rings. The molecule has 2 heterocycles. The summed E-state index contributed by atoms with van der Waals surface area (Å²) in [4.78, 5) is 24.1. The highest BCUT2D eigenvalue weighted by molar-refractivity contribution is 7.99. The van der Waals surface area contributed by atoms with Gasteiger partial charge in [-0.15, -0.1) is 0 Å². The first-order valence-electron chi connectivity index (χ1n) is 5.88. The van der Waals surface area contributed by atoms with Gasteiger partial charge in [0.2, 0.25) is 0 Å². The average Bonchev–Trinajstić information content (AvgIpc) is 2.63. The van der Waals surface area contributed by atoms with Crippen LogP contribution in [0.5, 0.6) is 0 Å². The van der Waals surface area contributed by atoms with E-state index in [9.17, 15) is 14.7 Å². The molecule has 3 rings (SSSR count). The Kier molecular flexibility index (Phi) is 2.68. The van der Waals surface area contributed by atoms with Crippen molar-refractivity contribution in [2.24, 2.45) is 5.92 Å². The Morgan fingerprint density at radius 3 is 2.89 bits per heavy atom. The summed E-state index contributed by atoms with van der Waals surface area (Å²) in [6.45, 7) is 0. The summed E-state index contributed by atoms with van der Waals surface area (Å²) >= 11 is 1.61. The molecule has 18 heavy (non-hydrogen) atoms. The summed E-state index contributed by atoms with van der Waals surface area (Å²) in [5.41, 5.74) is -0.564. The molecule has 1 amide bonds. The Morgan fingerprint density at radius 2 is 2.11 bits per heavy atom. The second-order valence-corrected chi connectivity index (χ2v) is 5.76. The van der Waals surface area contributed by atoms with Gasteiger partial charge in [0.25, 0.3) is 5.91 Å². The average molecular weight is 263 g/mol. The van der Waals surface area contributed by atoms with Crippen LogP contribution in [-0.4, -0.2) is 28.3 Å². The third kappa shape index (κ3) is 1.51. The fourth-order valence-electron chi connectivity index (χ4n) is 2.61. The molecule has 0 saturated carbocycles. The standard InChI is InChI=1S/C13H13NO3S/c15-11-5-6-18-7-9(11)13(17)8-3-1-2-4-10(8)14-12(13)16/h1-4,9,17H,5-7H2,(H,14,16). The van der Waals surface area contributed by atoms with Gasteiger partial charge in [-0.1, -0.05) is 18.2 Å². The van der Waals surface area contributed by atoms with Gasteiger partial charge in [-0.25, -0.2) is 0 Å². The van der Waals surface area contributed by atoms with E-state index in [2.05, 4.69) is 5.32 Å². The second kappa shape index (κ2) is 4.10. The molecule has 0 aromatic heterocycles. The Bertz CT molecular complexity index is 531. The first-order valence-corrected chi connectivity index (χ1v) is 7.03. The zero-order valence-electron chi connectivity index (χ0n) is 9.68. The number of nitrogens with one attached hydrogen (secondary N) is 1. The summed E-state index contributed by atoms with van der Waals surface area (Å²) in [5, 5.41) is 13.4. The third-order valence-electron chi connectivity index (χ3n) is 3.60. The summed E-state index contributed by atoms with van der Waals surface area (Å²) < 4.78 is 0. The van der Waals surface area contributed by atoms with Gasteiger partial charge in [0, 0.05) is 29.2 Å². The van der Waals surface area contributed by atoms with Gasteiger partial charge in [0.05, 0.1) is 5.92 Å². The third-order valence-corrected chi connectivity index (χ3v) is 4.66. The highest BCUT2D eigenvalue weighted by atomic mass is 32.2. The van der Waals surface area contributed by atoms with Crippen LogP contribution in [0.15, 0.2) is 24.3 Å². The number of hydrogen-bond acceptors (Lipinski definition) is 4. The Hall–Kier alpha value is -1.33. The van der Waals surface area contributed by atoms with E-state index in [4.69, 9.17) is 0 Å². The number of hydrogen-bond donors (Lipinski definition) is 2. The van der Waals surface area contributed by atoms with Crippen LogP contribution in [0.3, 0.4) is 0 Å². The van der Waals surface area contributed by atoms with Gasteiger partial charge in [-0.2, -0.15) is 11.8 Å². The van der Waals surface area contributed by atoms with Crippen molar-refractivity contribution in [1.29, 1.82) is 0 Å². The second-order valence-electron chi connectivity index (χ2n) is 4.61. The lowest BCUT2D eigenvalue weighted by Crippen LogP contribution is -2.48. The van der Waals surface area contributed by atoms with E-state index in [0.717, 1.165) is 5.75 Å². The van der Waals surface area contributed by atoms with Gasteiger partial charge >= 0.3 is 0 Å². The van der Waals surface area contributed by atoms with Crippen LogP contribution in [0.2, 0.25) is 0 Å². The molecule has 1 saturated heterocycles. The van der Waals surface area contributed by atoms with Gasteiger partial charge in [-0.05, 0) is 6.07 Å². The molecular formula is C13H13NO3S. The number of thioether (sulfide) groups is 1. The fraction of sp³-hybridized carbons (Fsp3) is 0.385. The van der Waals surface area contributed by atoms with E-state index in [1.165, 1.54) is 0 Å². The predicted molar refractivity (Wildman–Crippen MR) is 69.4 cm³/mol. The van der Waals surface area contributed by atoms with Gasteiger partial charge in [-0.3, -0.25) is 9.59 Å². The molecule has 2 aliphatic heterocycles. The van der Waals surface area contributed by atoms with Gasteiger partial charge in [0.1, 0.15) is 5.78 Å². The summed E-state index contributed by atoms with van der Waals surface area (Å²) in [5.74, 6) is 0.124. The zero-order chi connectivity index (χ0) is 12.8. The molecule has 2 aliphatic rings. The number of para-hydroxylation sites is 1. The Morgan fingerprint density at radius 1 is 1.33 bits per heavy atom. The van der Waals surface area contributed by atoms with E-state index < -0.39 is 17.4 Å². The number of carbonyl (C=O) groups is 2. The van der Waals surface area contributed by atoms with E-state index in [0.29, 0.717) is 23.4 Å². The molecule has 4 nitrogen and oxygen atoms in total. The van der Waals surface area contributed by atoms with E-state index in [1.807, 2.05) is 0 Å². The number of benzene rings is 1. The first kappa shape index (κ1) is 11.7. The summed E-state index contributed by atoms with van der Waals surface area (Å²) in [6, 6.07) is 7.01. The van der Waals surface area contributed by atoms with Crippen molar-refractivity contribution in [2.75, 3.05) is 16.8 Å². The molecule has 1 aromatic rings. The lowest BCUT2D eigenvalue weighted by atomic mass is 9.80. The molecule has 5 heteroatoms. The van der Waals surface area contributed by atoms with Crippen LogP contribution in [0.1, 0.15) is 12.0 Å². The highest BCUT2D eigenvalue weighted by Crippen LogP contribution is 2.44. The smallest absolute Gasteiger partial charge is 0.261 e. The van der Waals surface area contributed by atoms with Gasteiger partial charge < -0.3 is 10.4 Å². The topological polar surface area (TPSA) is 66.4 Å². The first-order chi connectivity index (χ1) is 8.64. The van der Waals surface area contributed by atoms with Gasteiger partial charge in [0.15, 0.2) is 5.60 Å². The van der Waals surface area contributed by atoms with Crippen LogP contribution in [-0.2, 0) is 15.2 Å². The lowest BCUT2D eigenvalue weighted by Gasteiger charge is -2.32. The maximum atomic E-state index is 12.1. The van der Waals surface area contributed by atoms with Crippen molar-refractivity contribution >= 4 is 29.1 Å². The number of ketones is 1. The Labute approximate surface area is 109 Å². The largest absolute Gasteiger partial charge is 0.375 e. The SMILES string of the molecule is O=C1CCSCC1C1(O)C(=O)Nc2ccccc21. The monoisotopic (exact) mass is 263 g/mol. The minimum atomic E-state index is -1.69. The van der Waals surface area contributed by atoms with Crippen molar-refractivity contribution in [3.8, 4) is 0 Å². The molecule has 2 unspecified atom stereocenters. The van der Waals surface area contributed by atoms with Crippen LogP contribution in [0.4, 0.5) is 5.69 Å². The molecule has 0 bridgehead atoms. The minimum Gasteiger partial charge on any atom is -0.375 e. The fourth-order valence-corrected chi connectivity index (χ4v) is 3.78. The molecule has 2 N–H and O–H groups in total. The predicted octanol–water partition coefficient (Wildman–Crippen LogP) is 1.15. The number of amides is 1. The highest BCUT2D eigenvalue weighted by Gasteiger charge is 2.53. The van der Waals surface area contributed by atoms with E-state index in [-0.39, 0.29) is 5.78 Å². The van der Waals surface area contributed by atoms with Crippen molar-refractivity contribution in [3.63, 3.8) is 0 Å². The molecule has 0 radical (unpaired) electrons. The lowest BCUT2D eigenvalue weighted by molar-refractivity contribution is -0.147. The minimum absolute atomic E-state index is 0.0249. The van der Waals surface area contributed by atoms with E-state index >= 15 is 0 Å². The van der Waals surface area contributed by atoms with E-state index in [1.54, 1.807) is 36.0 Å². The van der Waals surface area contributed by atoms with Crippen LogP contribution in [0.25, 0.3) is 0 Å². The molecule has 0 aliphatic carbocycles. The van der Waals surface area contributed by atoms with Crippen LogP contribution >= 0.6 is 11.8 Å². The maximum Gasteiger partial charge on any atom is 0.261 e. The number of Topliss-reactive ketones (excluding diaryl/α,β-unsaturated/α-hetero) is 1. The van der Waals surface area contributed by atoms with Crippen molar-refractivity contribution in [2.45, 2.75) is 12.0 Å². The van der Waals surface area contributed by atoms with Crippen molar-refractivity contribution in [3.05, 3.63) is 29.8 Å². The zero-order valence-corrected chi connectivity index (χ0v) is 10.5. The maximum absolute atomic E-state index is 12.1. The number of anilines is 1. The Balaban J connectivity index is 2.08. The van der Waals surface area contributed by atoms with Crippen LogP contribution < -0.4 is 5.32 Å². The summed E-state index contributed by atoms with van der Waals surface area (Å²) in [7, 11) is 0. The normalized spacial score (nSPS) is 31.1. The number of carbonyl (C=O) groups excluding carboxylic acids is 2. The molecule has 94 valence electrons. The van der Waals surface area contributed by atoms with Crippen molar-refractivity contribution < 1.29 is 14.7 Å². The number of rotatable bonds is 1. The van der Waals surface area contributed by atoms with Crippen LogP contribution in [0, 0.1) is 5.92 Å². The quantitative estimate of drug-likeness (QED) is 0.797.